The van der Waals surface area contributed by atoms with Gasteiger partial charge in [0.15, 0.2) is 0 Å². The van der Waals surface area contributed by atoms with E-state index in [-0.39, 0.29) is 11.4 Å². The summed E-state index contributed by atoms with van der Waals surface area (Å²) < 4.78 is 0. The fraction of sp³-hybridized carbons (Fsp3) is 0.500. The molecule has 0 atom stereocenters. The summed E-state index contributed by atoms with van der Waals surface area (Å²) in [4.78, 5) is 13.4. The summed E-state index contributed by atoms with van der Waals surface area (Å²) in [7, 11) is 2.04. The van der Waals surface area contributed by atoms with Gasteiger partial charge in [0.25, 0.3) is 0 Å². The van der Waals surface area contributed by atoms with Crippen LogP contribution < -0.4 is 16.0 Å². The van der Waals surface area contributed by atoms with E-state index in [4.69, 9.17) is 5.73 Å². The molecule has 1 aromatic rings. The SMILES string of the molecule is CN(CC(C)(C)N)c1ccc2c(c1)CCC(=O)N2. The van der Waals surface area contributed by atoms with E-state index < -0.39 is 0 Å². The molecule has 0 unspecified atom stereocenters. The van der Waals surface area contributed by atoms with Gasteiger partial charge in [0.05, 0.1) is 0 Å². The Hall–Kier alpha value is -1.55. The van der Waals surface area contributed by atoms with Crippen LogP contribution in [0.1, 0.15) is 25.8 Å². The zero-order chi connectivity index (χ0) is 13.3. The molecule has 1 aliphatic rings. The maximum atomic E-state index is 11.3. The molecule has 1 heterocycles. The van der Waals surface area contributed by atoms with E-state index in [0.29, 0.717) is 6.42 Å². The fourth-order valence-electron chi connectivity index (χ4n) is 2.31. The number of anilines is 2. The number of carbonyl (C=O) groups is 1. The lowest BCUT2D eigenvalue weighted by Crippen LogP contribution is -2.44. The highest BCUT2D eigenvalue weighted by molar-refractivity contribution is 5.94. The predicted octanol–water partition coefficient (Wildman–Crippen LogP) is 1.74. The van der Waals surface area contributed by atoms with Crippen molar-refractivity contribution in [2.45, 2.75) is 32.2 Å². The van der Waals surface area contributed by atoms with Crippen molar-refractivity contribution in [1.29, 1.82) is 0 Å². The Labute approximate surface area is 108 Å². The summed E-state index contributed by atoms with van der Waals surface area (Å²) in [5, 5.41) is 2.89. The number of benzene rings is 1. The lowest BCUT2D eigenvalue weighted by Gasteiger charge is -2.29. The van der Waals surface area contributed by atoms with Gasteiger partial charge in [-0.3, -0.25) is 4.79 Å². The van der Waals surface area contributed by atoms with Gasteiger partial charge in [-0.15, -0.1) is 0 Å². The molecular formula is C14H21N3O. The number of likely N-dealkylation sites (N-methyl/N-ethyl adjacent to an activating group) is 1. The van der Waals surface area contributed by atoms with Gasteiger partial charge < -0.3 is 16.0 Å². The third-order valence-electron chi connectivity index (χ3n) is 3.07. The van der Waals surface area contributed by atoms with E-state index in [1.54, 1.807) is 0 Å². The van der Waals surface area contributed by atoms with Crippen LogP contribution in [0.25, 0.3) is 0 Å². The molecular weight excluding hydrogens is 226 g/mol. The van der Waals surface area contributed by atoms with E-state index in [0.717, 1.165) is 24.3 Å². The van der Waals surface area contributed by atoms with Crippen LogP contribution in [0.5, 0.6) is 0 Å². The number of aryl methyl sites for hydroxylation is 1. The molecule has 3 N–H and O–H groups in total. The Morgan fingerprint density at radius 2 is 2.11 bits per heavy atom. The van der Waals surface area contributed by atoms with Crippen LogP contribution in [0.2, 0.25) is 0 Å². The summed E-state index contributed by atoms with van der Waals surface area (Å²) in [6.07, 6.45) is 1.39. The van der Waals surface area contributed by atoms with Crippen molar-refractivity contribution in [2.75, 3.05) is 23.8 Å². The van der Waals surface area contributed by atoms with Crippen LogP contribution in [-0.2, 0) is 11.2 Å². The van der Waals surface area contributed by atoms with E-state index in [1.165, 1.54) is 5.56 Å². The summed E-state index contributed by atoms with van der Waals surface area (Å²) >= 11 is 0. The Kier molecular flexibility index (Phi) is 3.30. The molecule has 0 saturated heterocycles. The third kappa shape index (κ3) is 3.01. The number of hydrogen-bond donors (Lipinski definition) is 2. The van der Waals surface area contributed by atoms with Crippen molar-refractivity contribution < 1.29 is 4.79 Å². The Morgan fingerprint density at radius 1 is 1.39 bits per heavy atom. The van der Waals surface area contributed by atoms with Crippen molar-refractivity contribution in [3.8, 4) is 0 Å². The molecule has 0 saturated carbocycles. The van der Waals surface area contributed by atoms with Gasteiger partial charge in [-0.1, -0.05) is 0 Å². The van der Waals surface area contributed by atoms with Crippen molar-refractivity contribution in [2.24, 2.45) is 5.73 Å². The lowest BCUT2D eigenvalue weighted by atomic mass is 10.0. The summed E-state index contributed by atoms with van der Waals surface area (Å²) in [5.74, 6) is 0.103. The number of rotatable bonds is 3. The van der Waals surface area contributed by atoms with Gasteiger partial charge >= 0.3 is 0 Å². The van der Waals surface area contributed by atoms with Crippen LogP contribution in [0.3, 0.4) is 0 Å². The smallest absolute Gasteiger partial charge is 0.224 e. The molecule has 0 aliphatic carbocycles. The van der Waals surface area contributed by atoms with Crippen LogP contribution in [-0.4, -0.2) is 25.0 Å². The Bertz CT molecular complexity index is 463. The molecule has 0 aromatic heterocycles. The minimum atomic E-state index is -0.223. The average molecular weight is 247 g/mol. The lowest BCUT2D eigenvalue weighted by molar-refractivity contribution is -0.116. The maximum Gasteiger partial charge on any atom is 0.224 e. The molecule has 4 heteroatoms. The highest BCUT2D eigenvalue weighted by Crippen LogP contribution is 2.27. The van der Waals surface area contributed by atoms with Gasteiger partial charge in [-0.05, 0) is 44.0 Å². The van der Waals surface area contributed by atoms with Crippen LogP contribution in [0, 0.1) is 0 Å². The zero-order valence-corrected chi connectivity index (χ0v) is 11.3. The molecule has 0 bridgehead atoms. The third-order valence-corrected chi connectivity index (χ3v) is 3.07. The summed E-state index contributed by atoms with van der Waals surface area (Å²) in [6.45, 7) is 4.82. The summed E-state index contributed by atoms with van der Waals surface area (Å²) in [6, 6.07) is 6.14. The van der Waals surface area contributed by atoms with E-state index in [2.05, 4.69) is 16.3 Å². The summed E-state index contributed by atoms with van der Waals surface area (Å²) in [5.41, 5.74) is 9.09. The maximum absolute atomic E-state index is 11.3. The second kappa shape index (κ2) is 4.61. The number of nitrogens with one attached hydrogen (secondary N) is 1. The van der Waals surface area contributed by atoms with Crippen molar-refractivity contribution in [3.63, 3.8) is 0 Å². The second-order valence-electron chi connectivity index (χ2n) is 5.73. The first-order valence-corrected chi connectivity index (χ1v) is 6.28. The number of carbonyl (C=O) groups excluding carboxylic acids is 1. The van der Waals surface area contributed by atoms with Crippen molar-refractivity contribution in [1.82, 2.24) is 0 Å². The first-order chi connectivity index (χ1) is 8.35. The first-order valence-electron chi connectivity index (χ1n) is 6.28. The van der Waals surface area contributed by atoms with E-state index in [9.17, 15) is 4.79 Å². The molecule has 0 radical (unpaired) electrons. The normalized spacial score (nSPS) is 15.0. The molecule has 0 fully saturated rings. The van der Waals surface area contributed by atoms with E-state index >= 15 is 0 Å². The quantitative estimate of drug-likeness (QED) is 0.855. The number of nitrogens with zero attached hydrogens (tertiary/aromatic N) is 1. The molecule has 1 amide bonds. The monoisotopic (exact) mass is 247 g/mol. The molecule has 4 nitrogen and oxygen atoms in total. The Morgan fingerprint density at radius 3 is 2.78 bits per heavy atom. The molecule has 98 valence electrons. The first kappa shape index (κ1) is 12.9. The topological polar surface area (TPSA) is 58.4 Å². The van der Waals surface area contributed by atoms with Gasteiger partial charge in [-0.25, -0.2) is 0 Å². The minimum absolute atomic E-state index is 0.103. The number of nitrogens with two attached hydrogens (primary N) is 1. The molecule has 18 heavy (non-hydrogen) atoms. The largest absolute Gasteiger partial charge is 0.373 e. The highest BCUT2D eigenvalue weighted by Gasteiger charge is 2.18. The van der Waals surface area contributed by atoms with Crippen molar-refractivity contribution >= 4 is 17.3 Å². The standard InChI is InChI=1S/C14H21N3O/c1-14(2,15)9-17(3)11-5-6-12-10(8-11)4-7-13(18)16-12/h5-6,8H,4,7,9,15H2,1-3H3,(H,16,18). The molecule has 0 spiro atoms. The Balaban J connectivity index is 2.18. The number of amides is 1. The van der Waals surface area contributed by atoms with Crippen LogP contribution in [0.4, 0.5) is 11.4 Å². The van der Waals surface area contributed by atoms with Crippen LogP contribution in [0.15, 0.2) is 18.2 Å². The zero-order valence-electron chi connectivity index (χ0n) is 11.3. The average Bonchev–Trinajstić information content (AvgIpc) is 2.26. The molecule has 1 aliphatic heterocycles. The van der Waals surface area contributed by atoms with Gasteiger partial charge in [0, 0.05) is 36.9 Å². The second-order valence-corrected chi connectivity index (χ2v) is 5.73. The minimum Gasteiger partial charge on any atom is -0.373 e. The van der Waals surface area contributed by atoms with Crippen LogP contribution >= 0.6 is 0 Å². The predicted molar refractivity (Wildman–Crippen MR) is 74.9 cm³/mol. The van der Waals surface area contributed by atoms with Gasteiger partial charge in [-0.2, -0.15) is 0 Å². The van der Waals surface area contributed by atoms with Gasteiger partial charge in [0.2, 0.25) is 5.91 Å². The van der Waals surface area contributed by atoms with E-state index in [1.807, 2.05) is 33.0 Å². The van der Waals surface area contributed by atoms with Crippen molar-refractivity contribution in [3.05, 3.63) is 23.8 Å². The molecule has 1 aromatic carbocycles. The molecule has 2 rings (SSSR count). The number of hydrogen-bond acceptors (Lipinski definition) is 3. The fourth-order valence-corrected chi connectivity index (χ4v) is 2.31. The number of fused-ring (bicyclic) bond motifs is 1. The highest BCUT2D eigenvalue weighted by atomic mass is 16.1. The van der Waals surface area contributed by atoms with Gasteiger partial charge in [0.1, 0.15) is 0 Å².